The van der Waals surface area contributed by atoms with Gasteiger partial charge in [-0.3, -0.25) is 13.8 Å². The van der Waals surface area contributed by atoms with Crippen molar-refractivity contribution in [2.24, 2.45) is 0 Å². The first kappa shape index (κ1) is 18.3. The fourth-order valence-electron chi connectivity index (χ4n) is 3.55. The number of rotatable bonds is 7. The van der Waals surface area contributed by atoms with E-state index < -0.39 is 45.1 Å². The van der Waals surface area contributed by atoms with Gasteiger partial charge in [0.2, 0.25) is 5.91 Å². The Bertz CT molecular complexity index is 704. The molecule has 3 rings (SSSR count). The molecule has 3 saturated heterocycles. The lowest BCUT2D eigenvalue weighted by molar-refractivity contribution is -0.147. The predicted molar refractivity (Wildman–Crippen MR) is 84.0 cm³/mol. The molecule has 3 aliphatic rings. The summed E-state index contributed by atoms with van der Waals surface area (Å²) in [6.45, 7) is 6.44. The Kier molecular flexibility index (Phi) is 4.65. The third-order valence-electron chi connectivity index (χ3n) is 4.68. The van der Waals surface area contributed by atoms with Gasteiger partial charge in [0.1, 0.15) is 36.2 Å². The van der Waals surface area contributed by atoms with Crippen LogP contribution in [0.25, 0.3) is 0 Å². The van der Waals surface area contributed by atoms with Gasteiger partial charge < -0.3 is 19.5 Å². The van der Waals surface area contributed by atoms with E-state index in [1.165, 1.54) is 6.92 Å². The minimum Gasteiger partial charge on any atom is -0.462 e. The molecule has 3 heterocycles. The Balaban J connectivity index is 1.43. The second-order valence-electron chi connectivity index (χ2n) is 6.60. The van der Waals surface area contributed by atoms with Crippen LogP contribution in [0.2, 0.25) is 0 Å². The van der Waals surface area contributed by atoms with Crippen LogP contribution >= 0.6 is 0 Å². The lowest BCUT2D eigenvalue weighted by atomic mass is 9.83. The molecule has 0 radical (unpaired) electrons. The summed E-state index contributed by atoms with van der Waals surface area (Å²) in [6, 6.07) is 0. The number of amides is 1. The summed E-state index contributed by atoms with van der Waals surface area (Å²) in [5.41, 5.74) is -0.739. The van der Waals surface area contributed by atoms with E-state index in [0.717, 1.165) is 0 Å². The molecule has 5 atom stereocenters. The van der Waals surface area contributed by atoms with Crippen molar-refractivity contribution in [2.45, 2.75) is 49.4 Å². The highest BCUT2D eigenvalue weighted by Crippen LogP contribution is 2.54. The molecule has 10 heteroatoms. The van der Waals surface area contributed by atoms with Crippen molar-refractivity contribution in [1.29, 1.82) is 0 Å². The average molecular weight is 375 g/mol. The topological polar surface area (TPSA) is 117 Å². The van der Waals surface area contributed by atoms with Crippen LogP contribution in [0.4, 0.5) is 0 Å². The van der Waals surface area contributed by atoms with Gasteiger partial charge in [-0.1, -0.05) is 6.58 Å². The molecule has 1 N–H and O–H groups in total. The van der Waals surface area contributed by atoms with Gasteiger partial charge in [0.05, 0.1) is 12.7 Å². The van der Waals surface area contributed by atoms with Crippen LogP contribution in [0.5, 0.6) is 0 Å². The highest BCUT2D eigenvalue weighted by molar-refractivity contribution is 7.87. The Morgan fingerprint density at radius 2 is 2.08 bits per heavy atom. The maximum absolute atomic E-state index is 12.0. The molecule has 2 bridgehead atoms. The quantitative estimate of drug-likeness (QED) is 0.268. The summed E-state index contributed by atoms with van der Waals surface area (Å²) in [4.78, 5) is 22.8. The Morgan fingerprint density at radius 1 is 1.36 bits per heavy atom. The normalized spacial score (nSPS) is 37.0. The van der Waals surface area contributed by atoms with Crippen LogP contribution in [-0.4, -0.2) is 69.2 Å². The molecule has 140 valence electrons. The van der Waals surface area contributed by atoms with Crippen LogP contribution in [0.15, 0.2) is 12.2 Å². The van der Waals surface area contributed by atoms with E-state index in [0.29, 0.717) is 12.0 Å². The Morgan fingerprint density at radius 3 is 2.76 bits per heavy atom. The van der Waals surface area contributed by atoms with Crippen molar-refractivity contribution in [3.05, 3.63) is 12.2 Å². The van der Waals surface area contributed by atoms with Crippen molar-refractivity contribution in [1.82, 2.24) is 5.32 Å². The molecular formula is C15H21NO8S. The van der Waals surface area contributed by atoms with Gasteiger partial charge in [0.25, 0.3) is 10.1 Å². The lowest BCUT2D eigenvalue weighted by Crippen LogP contribution is -2.50. The van der Waals surface area contributed by atoms with Crippen LogP contribution in [0.3, 0.4) is 0 Å². The van der Waals surface area contributed by atoms with E-state index in [1.54, 1.807) is 6.92 Å². The number of ether oxygens (including phenoxy) is 3. The van der Waals surface area contributed by atoms with Gasteiger partial charge in [0.15, 0.2) is 0 Å². The van der Waals surface area contributed by atoms with Crippen molar-refractivity contribution in [3.8, 4) is 0 Å². The second kappa shape index (κ2) is 6.35. The molecule has 0 aliphatic carbocycles. The van der Waals surface area contributed by atoms with Gasteiger partial charge >= 0.3 is 5.97 Å². The van der Waals surface area contributed by atoms with Crippen LogP contribution in [0.1, 0.15) is 20.3 Å². The highest BCUT2D eigenvalue weighted by atomic mass is 32.2. The summed E-state index contributed by atoms with van der Waals surface area (Å²) in [7, 11) is -3.63. The highest BCUT2D eigenvalue weighted by Gasteiger charge is 2.72. The largest absolute Gasteiger partial charge is 0.462 e. The summed E-state index contributed by atoms with van der Waals surface area (Å²) >= 11 is 0. The van der Waals surface area contributed by atoms with Crippen LogP contribution < -0.4 is 5.32 Å². The fourth-order valence-corrected chi connectivity index (χ4v) is 5.42. The summed E-state index contributed by atoms with van der Waals surface area (Å²) in [5, 5.41) is 1.73. The molecule has 3 aliphatic heterocycles. The van der Waals surface area contributed by atoms with E-state index in [2.05, 4.69) is 11.9 Å². The number of carbonyl (C=O) groups excluding carboxylic acids is 2. The summed E-state index contributed by atoms with van der Waals surface area (Å²) in [5.74, 6) is -1.03. The molecule has 0 saturated carbocycles. The smallest absolute Gasteiger partial charge is 0.325 e. The molecule has 0 spiro atoms. The monoisotopic (exact) mass is 375 g/mol. The SMILES string of the molecule is C=C(C)C(=O)NCC(=O)OCCOC1C2CC3C(O2)C1(C)OS3(=O)=O. The van der Waals surface area contributed by atoms with E-state index in [-0.39, 0.29) is 25.9 Å². The second-order valence-corrected chi connectivity index (χ2v) is 8.36. The molecule has 1 amide bonds. The molecular weight excluding hydrogens is 354 g/mol. The zero-order valence-electron chi connectivity index (χ0n) is 14.0. The number of nitrogens with one attached hydrogen (secondary N) is 1. The van der Waals surface area contributed by atoms with Crippen molar-refractivity contribution in [2.75, 3.05) is 19.8 Å². The van der Waals surface area contributed by atoms with Gasteiger partial charge in [-0.2, -0.15) is 8.42 Å². The third-order valence-corrected chi connectivity index (χ3v) is 6.46. The average Bonchev–Trinajstić information content (AvgIpc) is 3.10. The number of hydrogen-bond acceptors (Lipinski definition) is 8. The number of carbonyl (C=O) groups is 2. The summed E-state index contributed by atoms with van der Waals surface area (Å²) < 4.78 is 45.5. The van der Waals surface area contributed by atoms with Crippen LogP contribution in [0, 0.1) is 0 Å². The van der Waals surface area contributed by atoms with Crippen molar-refractivity contribution >= 4 is 22.0 Å². The Labute approximate surface area is 145 Å². The van der Waals surface area contributed by atoms with E-state index in [4.69, 9.17) is 18.4 Å². The molecule has 3 fully saturated rings. The molecule has 0 aromatic rings. The molecule has 0 aromatic heterocycles. The zero-order valence-corrected chi connectivity index (χ0v) is 14.8. The number of hydrogen-bond donors (Lipinski definition) is 1. The minimum atomic E-state index is -3.63. The maximum atomic E-state index is 12.0. The molecule has 25 heavy (non-hydrogen) atoms. The minimum absolute atomic E-state index is 0.0259. The standard InChI is InChI=1S/C15H21NO8S/c1-8(2)14(18)16-7-11(17)21-4-5-22-12-9-6-10-13(23-9)15(12,3)24-25(10,19)20/h9-10,12-13H,1,4-7H2,2-3H3,(H,16,18). The first-order valence-electron chi connectivity index (χ1n) is 7.96. The predicted octanol–water partition coefficient (Wildman–Crippen LogP) is -0.734. The lowest BCUT2D eigenvalue weighted by Gasteiger charge is -2.30. The number of esters is 1. The molecule has 0 aromatic carbocycles. The number of fused-ring (bicyclic) bond motifs is 1. The zero-order chi connectivity index (χ0) is 18.4. The first-order valence-corrected chi connectivity index (χ1v) is 9.43. The maximum Gasteiger partial charge on any atom is 0.325 e. The van der Waals surface area contributed by atoms with E-state index >= 15 is 0 Å². The molecule has 9 nitrogen and oxygen atoms in total. The van der Waals surface area contributed by atoms with Gasteiger partial charge in [-0.05, 0) is 20.3 Å². The van der Waals surface area contributed by atoms with Gasteiger partial charge in [-0.25, -0.2) is 0 Å². The first-order chi connectivity index (χ1) is 11.6. The Hall–Kier alpha value is -1.49. The van der Waals surface area contributed by atoms with E-state index in [9.17, 15) is 18.0 Å². The summed E-state index contributed by atoms with van der Waals surface area (Å²) in [6.07, 6.45) is -1.05. The van der Waals surface area contributed by atoms with Gasteiger partial charge in [0, 0.05) is 5.57 Å². The third kappa shape index (κ3) is 3.19. The fraction of sp³-hybridized carbons (Fsp3) is 0.733. The van der Waals surface area contributed by atoms with Gasteiger partial charge in [-0.15, -0.1) is 0 Å². The van der Waals surface area contributed by atoms with Crippen molar-refractivity contribution in [3.63, 3.8) is 0 Å². The molecule has 5 unspecified atom stereocenters. The van der Waals surface area contributed by atoms with E-state index in [1.807, 2.05) is 0 Å². The van der Waals surface area contributed by atoms with Crippen LogP contribution in [-0.2, 0) is 38.1 Å². The van der Waals surface area contributed by atoms with Crippen molar-refractivity contribution < 1.29 is 36.4 Å².